The Labute approximate surface area is 109 Å². The second kappa shape index (κ2) is 5.78. The van der Waals surface area contributed by atoms with Crippen LogP contribution in [0, 0.1) is 13.8 Å². The van der Waals surface area contributed by atoms with Crippen LogP contribution < -0.4 is 5.32 Å². The van der Waals surface area contributed by atoms with Gasteiger partial charge in [0.2, 0.25) is 0 Å². The fourth-order valence-corrected chi connectivity index (χ4v) is 2.33. The van der Waals surface area contributed by atoms with Crippen LogP contribution in [0.5, 0.6) is 0 Å². The second-order valence-corrected chi connectivity index (χ2v) is 4.76. The first kappa shape index (κ1) is 12.8. The monoisotopic (exact) mass is 240 g/mol. The van der Waals surface area contributed by atoms with Gasteiger partial charge in [-0.3, -0.25) is 4.98 Å². The average molecular weight is 240 g/mol. The van der Waals surface area contributed by atoms with E-state index in [4.69, 9.17) is 0 Å². The standard InChI is InChI=1S/C16H20N2/c1-12-6-7-13(2)15(9-12)16(11-17-3)14-5-4-8-18-10-14/h4-10,16-17H,11H2,1-3H3. The first-order valence-electron chi connectivity index (χ1n) is 6.34. The fraction of sp³-hybridized carbons (Fsp3) is 0.312. The number of nitrogens with one attached hydrogen (secondary N) is 1. The molecule has 1 unspecified atom stereocenters. The van der Waals surface area contributed by atoms with E-state index < -0.39 is 0 Å². The lowest BCUT2D eigenvalue weighted by Crippen LogP contribution is -2.19. The predicted molar refractivity (Wildman–Crippen MR) is 75.9 cm³/mol. The minimum absolute atomic E-state index is 0.364. The zero-order valence-corrected chi connectivity index (χ0v) is 11.3. The maximum atomic E-state index is 4.24. The molecule has 0 radical (unpaired) electrons. The first-order chi connectivity index (χ1) is 8.72. The third kappa shape index (κ3) is 2.77. The summed E-state index contributed by atoms with van der Waals surface area (Å²) in [4.78, 5) is 4.24. The van der Waals surface area contributed by atoms with Gasteiger partial charge in [0.05, 0.1) is 0 Å². The van der Waals surface area contributed by atoms with Crippen molar-refractivity contribution in [3.05, 3.63) is 65.0 Å². The zero-order valence-electron chi connectivity index (χ0n) is 11.3. The molecule has 0 spiro atoms. The van der Waals surface area contributed by atoms with Crippen molar-refractivity contribution in [2.45, 2.75) is 19.8 Å². The highest BCUT2D eigenvalue weighted by atomic mass is 14.8. The summed E-state index contributed by atoms with van der Waals surface area (Å²) in [5.41, 5.74) is 5.29. The molecule has 2 rings (SSSR count). The molecule has 1 N–H and O–H groups in total. The predicted octanol–water partition coefficient (Wildman–Crippen LogP) is 3.05. The molecule has 0 aliphatic rings. The Kier molecular flexibility index (Phi) is 4.11. The van der Waals surface area contributed by atoms with Crippen LogP contribution in [0.3, 0.4) is 0 Å². The molecule has 2 aromatic rings. The van der Waals surface area contributed by atoms with E-state index in [2.05, 4.69) is 48.4 Å². The number of benzene rings is 1. The van der Waals surface area contributed by atoms with Gasteiger partial charge in [0, 0.05) is 24.9 Å². The van der Waals surface area contributed by atoms with E-state index in [1.807, 2.05) is 25.5 Å². The summed E-state index contributed by atoms with van der Waals surface area (Å²) in [5.74, 6) is 0.364. The third-order valence-electron chi connectivity index (χ3n) is 3.31. The molecule has 0 saturated heterocycles. The summed E-state index contributed by atoms with van der Waals surface area (Å²) in [5, 5.41) is 3.28. The maximum absolute atomic E-state index is 4.24. The van der Waals surface area contributed by atoms with Crippen LogP contribution in [0.15, 0.2) is 42.7 Å². The number of rotatable bonds is 4. The van der Waals surface area contributed by atoms with Gasteiger partial charge in [-0.25, -0.2) is 0 Å². The van der Waals surface area contributed by atoms with Crippen molar-refractivity contribution >= 4 is 0 Å². The van der Waals surface area contributed by atoms with Crippen molar-refractivity contribution in [3.8, 4) is 0 Å². The Balaban J connectivity index is 2.44. The number of nitrogens with zero attached hydrogens (tertiary/aromatic N) is 1. The van der Waals surface area contributed by atoms with Gasteiger partial charge >= 0.3 is 0 Å². The number of hydrogen-bond acceptors (Lipinski definition) is 2. The quantitative estimate of drug-likeness (QED) is 0.888. The smallest absolute Gasteiger partial charge is 0.0306 e. The molecule has 0 bridgehead atoms. The van der Waals surface area contributed by atoms with Gasteiger partial charge in [0.25, 0.3) is 0 Å². The van der Waals surface area contributed by atoms with Gasteiger partial charge in [-0.1, -0.05) is 29.8 Å². The molecule has 2 nitrogen and oxygen atoms in total. The summed E-state index contributed by atoms with van der Waals surface area (Å²) in [7, 11) is 1.99. The first-order valence-corrected chi connectivity index (χ1v) is 6.34. The van der Waals surface area contributed by atoms with E-state index in [9.17, 15) is 0 Å². The number of pyridine rings is 1. The average Bonchev–Trinajstić information content (AvgIpc) is 2.40. The van der Waals surface area contributed by atoms with Crippen molar-refractivity contribution in [2.24, 2.45) is 0 Å². The Morgan fingerprint density at radius 3 is 2.72 bits per heavy atom. The SMILES string of the molecule is CNCC(c1cccnc1)c1cc(C)ccc1C. The van der Waals surface area contributed by atoms with Crippen molar-refractivity contribution in [1.29, 1.82) is 0 Å². The third-order valence-corrected chi connectivity index (χ3v) is 3.31. The van der Waals surface area contributed by atoms with Crippen LogP contribution >= 0.6 is 0 Å². The molecule has 0 amide bonds. The Morgan fingerprint density at radius 1 is 1.22 bits per heavy atom. The van der Waals surface area contributed by atoms with Gasteiger partial charge in [-0.05, 0) is 43.7 Å². The van der Waals surface area contributed by atoms with Gasteiger partial charge in [-0.2, -0.15) is 0 Å². The van der Waals surface area contributed by atoms with E-state index >= 15 is 0 Å². The summed E-state index contributed by atoms with van der Waals surface area (Å²) < 4.78 is 0. The van der Waals surface area contributed by atoms with Crippen LogP contribution in [0.25, 0.3) is 0 Å². The lowest BCUT2D eigenvalue weighted by Gasteiger charge is -2.20. The normalized spacial score (nSPS) is 12.4. The number of aryl methyl sites for hydroxylation is 2. The molecule has 18 heavy (non-hydrogen) atoms. The highest BCUT2D eigenvalue weighted by Gasteiger charge is 2.15. The molecular formula is C16H20N2. The highest BCUT2D eigenvalue weighted by Crippen LogP contribution is 2.27. The minimum Gasteiger partial charge on any atom is -0.319 e. The van der Waals surface area contributed by atoms with E-state index in [0.29, 0.717) is 5.92 Å². The van der Waals surface area contributed by atoms with E-state index in [1.54, 1.807) is 0 Å². The van der Waals surface area contributed by atoms with E-state index in [1.165, 1.54) is 22.3 Å². The Bertz CT molecular complexity index is 506. The van der Waals surface area contributed by atoms with Crippen LogP contribution in [-0.2, 0) is 0 Å². The van der Waals surface area contributed by atoms with E-state index in [-0.39, 0.29) is 0 Å². The summed E-state index contributed by atoms with van der Waals surface area (Å²) in [6.07, 6.45) is 3.78. The van der Waals surface area contributed by atoms with Crippen LogP contribution in [-0.4, -0.2) is 18.6 Å². The van der Waals surface area contributed by atoms with Crippen molar-refractivity contribution < 1.29 is 0 Å². The molecule has 0 aliphatic carbocycles. The zero-order chi connectivity index (χ0) is 13.0. The number of hydrogen-bond donors (Lipinski definition) is 1. The van der Waals surface area contributed by atoms with Gasteiger partial charge in [0.1, 0.15) is 0 Å². The lowest BCUT2D eigenvalue weighted by molar-refractivity contribution is 0.702. The fourth-order valence-electron chi connectivity index (χ4n) is 2.33. The van der Waals surface area contributed by atoms with E-state index in [0.717, 1.165) is 6.54 Å². The maximum Gasteiger partial charge on any atom is 0.0306 e. The van der Waals surface area contributed by atoms with Gasteiger partial charge in [0.15, 0.2) is 0 Å². The lowest BCUT2D eigenvalue weighted by atomic mass is 9.88. The molecule has 0 fully saturated rings. The van der Waals surface area contributed by atoms with Crippen molar-refractivity contribution in [1.82, 2.24) is 10.3 Å². The summed E-state index contributed by atoms with van der Waals surface area (Å²) >= 11 is 0. The molecule has 1 aromatic carbocycles. The second-order valence-electron chi connectivity index (χ2n) is 4.76. The molecule has 94 valence electrons. The molecular weight excluding hydrogens is 220 g/mol. The highest BCUT2D eigenvalue weighted by molar-refractivity contribution is 5.39. The molecule has 1 atom stereocenters. The van der Waals surface area contributed by atoms with Crippen molar-refractivity contribution in [2.75, 3.05) is 13.6 Å². The van der Waals surface area contributed by atoms with Gasteiger partial charge in [-0.15, -0.1) is 0 Å². The number of likely N-dealkylation sites (N-methyl/N-ethyl adjacent to an activating group) is 1. The van der Waals surface area contributed by atoms with Crippen LogP contribution in [0.1, 0.15) is 28.2 Å². The van der Waals surface area contributed by atoms with Gasteiger partial charge < -0.3 is 5.32 Å². The molecule has 1 heterocycles. The van der Waals surface area contributed by atoms with Crippen LogP contribution in [0.4, 0.5) is 0 Å². The molecule has 1 aromatic heterocycles. The molecule has 0 saturated carbocycles. The largest absolute Gasteiger partial charge is 0.319 e. The summed E-state index contributed by atoms with van der Waals surface area (Å²) in [6.45, 7) is 5.24. The Morgan fingerprint density at radius 2 is 2.06 bits per heavy atom. The molecule has 0 aliphatic heterocycles. The van der Waals surface area contributed by atoms with Crippen molar-refractivity contribution in [3.63, 3.8) is 0 Å². The topological polar surface area (TPSA) is 24.9 Å². The Hall–Kier alpha value is -1.67. The van der Waals surface area contributed by atoms with Crippen LogP contribution in [0.2, 0.25) is 0 Å². The minimum atomic E-state index is 0.364. The number of aromatic nitrogens is 1. The summed E-state index contributed by atoms with van der Waals surface area (Å²) in [6, 6.07) is 10.8. The molecule has 2 heteroatoms.